The average Bonchev–Trinajstić information content (AvgIpc) is 2.60. The van der Waals surface area contributed by atoms with Crippen molar-refractivity contribution in [3.63, 3.8) is 0 Å². The standard InChI is InChI=1S/C15H26O4/c1-10(2)15(6,9-14(3,4)5)13(17)19-11-7-12(16)18-8-11/h10-11H,7-9H2,1-6H3. The molecular weight excluding hydrogens is 244 g/mol. The summed E-state index contributed by atoms with van der Waals surface area (Å²) in [7, 11) is 0. The molecule has 1 rings (SSSR count). The van der Waals surface area contributed by atoms with E-state index in [-0.39, 0.29) is 36.3 Å². The first-order chi connectivity index (χ1) is 8.54. The summed E-state index contributed by atoms with van der Waals surface area (Å²) < 4.78 is 10.3. The first-order valence-electron chi connectivity index (χ1n) is 6.91. The van der Waals surface area contributed by atoms with Crippen LogP contribution >= 0.6 is 0 Å². The third-order valence-electron chi connectivity index (χ3n) is 3.74. The summed E-state index contributed by atoms with van der Waals surface area (Å²) in [5.74, 6) is -0.335. The number of ether oxygens (including phenoxy) is 2. The Labute approximate surface area is 115 Å². The van der Waals surface area contributed by atoms with Gasteiger partial charge in [0.25, 0.3) is 0 Å². The van der Waals surface area contributed by atoms with Crippen molar-refractivity contribution in [3.05, 3.63) is 0 Å². The smallest absolute Gasteiger partial charge is 0.312 e. The number of hydrogen-bond donors (Lipinski definition) is 0. The molecule has 0 radical (unpaired) electrons. The number of carbonyl (C=O) groups excluding carboxylic acids is 2. The zero-order valence-electron chi connectivity index (χ0n) is 12.9. The normalized spacial score (nSPS) is 23.1. The molecule has 1 saturated heterocycles. The lowest BCUT2D eigenvalue weighted by Gasteiger charge is -2.37. The Morgan fingerprint density at radius 1 is 1.37 bits per heavy atom. The fraction of sp³-hybridized carbons (Fsp3) is 0.867. The van der Waals surface area contributed by atoms with E-state index in [9.17, 15) is 9.59 Å². The lowest BCUT2D eigenvalue weighted by atomic mass is 9.69. The van der Waals surface area contributed by atoms with Gasteiger partial charge in [-0.2, -0.15) is 0 Å². The summed E-state index contributed by atoms with van der Waals surface area (Å²) in [6, 6.07) is 0. The SMILES string of the molecule is CC(C)C(C)(CC(C)(C)C)C(=O)OC1COC(=O)C1. The molecule has 1 aliphatic rings. The Morgan fingerprint density at radius 2 is 1.95 bits per heavy atom. The Balaban J connectivity index is 2.75. The summed E-state index contributed by atoms with van der Waals surface area (Å²) in [6.45, 7) is 12.5. The van der Waals surface area contributed by atoms with Crippen molar-refractivity contribution in [1.82, 2.24) is 0 Å². The number of cyclic esters (lactones) is 1. The highest BCUT2D eigenvalue weighted by Gasteiger charge is 2.43. The first kappa shape index (κ1) is 16.0. The number of rotatable bonds is 4. The Hall–Kier alpha value is -1.06. The van der Waals surface area contributed by atoms with Crippen LogP contribution in [0.15, 0.2) is 0 Å². The Morgan fingerprint density at radius 3 is 2.32 bits per heavy atom. The molecule has 0 bridgehead atoms. The van der Waals surface area contributed by atoms with Crippen LogP contribution in [0.4, 0.5) is 0 Å². The summed E-state index contributed by atoms with van der Waals surface area (Å²) in [4.78, 5) is 23.5. The van der Waals surface area contributed by atoms with E-state index in [0.29, 0.717) is 0 Å². The maximum Gasteiger partial charge on any atom is 0.312 e. The second-order valence-corrected chi connectivity index (χ2v) is 7.22. The van der Waals surface area contributed by atoms with Gasteiger partial charge < -0.3 is 9.47 Å². The molecule has 19 heavy (non-hydrogen) atoms. The van der Waals surface area contributed by atoms with Crippen molar-refractivity contribution in [2.75, 3.05) is 6.61 Å². The third kappa shape index (κ3) is 4.22. The number of carbonyl (C=O) groups is 2. The van der Waals surface area contributed by atoms with E-state index < -0.39 is 11.5 Å². The zero-order valence-corrected chi connectivity index (χ0v) is 12.9. The number of hydrogen-bond acceptors (Lipinski definition) is 4. The molecule has 0 aromatic carbocycles. The van der Waals surface area contributed by atoms with Gasteiger partial charge in [0.1, 0.15) is 12.7 Å². The van der Waals surface area contributed by atoms with Crippen molar-refractivity contribution < 1.29 is 19.1 Å². The van der Waals surface area contributed by atoms with Gasteiger partial charge in [-0.25, -0.2) is 0 Å². The predicted molar refractivity (Wildman–Crippen MR) is 72.5 cm³/mol. The molecule has 0 saturated carbocycles. The maximum atomic E-state index is 12.5. The second kappa shape index (κ2) is 5.51. The van der Waals surface area contributed by atoms with Crippen LogP contribution in [0.1, 0.15) is 54.4 Å². The van der Waals surface area contributed by atoms with Crippen LogP contribution in [0.5, 0.6) is 0 Å². The fourth-order valence-corrected chi connectivity index (χ4v) is 2.46. The molecule has 1 heterocycles. The van der Waals surface area contributed by atoms with E-state index in [2.05, 4.69) is 20.8 Å². The van der Waals surface area contributed by atoms with Gasteiger partial charge in [0.15, 0.2) is 0 Å². The van der Waals surface area contributed by atoms with E-state index >= 15 is 0 Å². The van der Waals surface area contributed by atoms with Crippen molar-refractivity contribution in [2.24, 2.45) is 16.7 Å². The summed E-state index contributed by atoms with van der Waals surface area (Å²) >= 11 is 0. The predicted octanol–water partition coefficient (Wildman–Crippen LogP) is 2.94. The Kier molecular flexibility index (Phi) is 4.64. The van der Waals surface area contributed by atoms with Crippen molar-refractivity contribution in [2.45, 2.75) is 60.5 Å². The first-order valence-corrected chi connectivity index (χ1v) is 6.91. The van der Waals surface area contributed by atoms with Crippen LogP contribution in [-0.2, 0) is 19.1 Å². The van der Waals surface area contributed by atoms with E-state index in [1.54, 1.807) is 0 Å². The van der Waals surface area contributed by atoms with Crippen LogP contribution in [0, 0.1) is 16.7 Å². The molecule has 1 fully saturated rings. The van der Waals surface area contributed by atoms with Crippen LogP contribution in [0.25, 0.3) is 0 Å². The lowest BCUT2D eigenvalue weighted by molar-refractivity contribution is -0.165. The molecule has 0 N–H and O–H groups in total. The van der Waals surface area contributed by atoms with Crippen LogP contribution < -0.4 is 0 Å². The van der Waals surface area contributed by atoms with Crippen LogP contribution in [0.2, 0.25) is 0 Å². The molecule has 0 aliphatic carbocycles. The highest BCUT2D eigenvalue weighted by Crippen LogP contribution is 2.40. The molecule has 4 heteroatoms. The molecule has 0 spiro atoms. The zero-order chi connectivity index (χ0) is 14.8. The van der Waals surface area contributed by atoms with Crippen LogP contribution in [0.3, 0.4) is 0 Å². The summed E-state index contributed by atoms with van der Waals surface area (Å²) in [5.41, 5.74) is -0.496. The van der Waals surface area contributed by atoms with E-state index in [0.717, 1.165) is 6.42 Å². The second-order valence-electron chi connectivity index (χ2n) is 7.22. The Bertz CT molecular complexity index is 354. The topological polar surface area (TPSA) is 52.6 Å². The minimum atomic E-state index is -0.538. The largest absolute Gasteiger partial charge is 0.462 e. The molecule has 2 atom stereocenters. The highest BCUT2D eigenvalue weighted by atomic mass is 16.6. The summed E-state index contributed by atoms with van der Waals surface area (Å²) in [5, 5.41) is 0. The van der Waals surface area contributed by atoms with Gasteiger partial charge >= 0.3 is 11.9 Å². The number of esters is 2. The lowest BCUT2D eigenvalue weighted by Crippen LogP contribution is -2.40. The van der Waals surface area contributed by atoms with E-state index in [4.69, 9.17) is 9.47 Å². The molecule has 0 amide bonds. The monoisotopic (exact) mass is 270 g/mol. The maximum absolute atomic E-state index is 12.5. The van der Waals surface area contributed by atoms with E-state index in [1.807, 2.05) is 20.8 Å². The van der Waals surface area contributed by atoms with Crippen LogP contribution in [-0.4, -0.2) is 24.6 Å². The molecule has 2 unspecified atom stereocenters. The molecule has 0 aromatic rings. The van der Waals surface area contributed by atoms with Gasteiger partial charge in [-0.1, -0.05) is 34.6 Å². The average molecular weight is 270 g/mol. The van der Waals surface area contributed by atoms with Gasteiger partial charge in [0.05, 0.1) is 11.8 Å². The molecule has 0 aromatic heterocycles. The van der Waals surface area contributed by atoms with Gasteiger partial charge in [-0.05, 0) is 24.7 Å². The molecule has 110 valence electrons. The minimum absolute atomic E-state index is 0.0417. The minimum Gasteiger partial charge on any atom is -0.462 e. The van der Waals surface area contributed by atoms with Gasteiger partial charge in [0, 0.05) is 0 Å². The highest BCUT2D eigenvalue weighted by molar-refractivity contribution is 5.78. The summed E-state index contributed by atoms with van der Waals surface area (Å²) in [6.07, 6.45) is 0.506. The third-order valence-corrected chi connectivity index (χ3v) is 3.74. The van der Waals surface area contributed by atoms with Crippen molar-refractivity contribution in [3.8, 4) is 0 Å². The van der Waals surface area contributed by atoms with Gasteiger partial charge in [-0.15, -0.1) is 0 Å². The molecule has 1 aliphatic heterocycles. The van der Waals surface area contributed by atoms with Gasteiger partial charge in [0.2, 0.25) is 0 Å². The van der Waals surface area contributed by atoms with Gasteiger partial charge in [-0.3, -0.25) is 9.59 Å². The van der Waals surface area contributed by atoms with E-state index in [1.165, 1.54) is 0 Å². The fourth-order valence-electron chi connectivity index (χ4n) is 2.46. The molecule has 4 nitrogen and oxygen atoms in total. The molecular formula is C15H26O4. The van der Waals surface area contributed by atoms with Crippen molar-refractivity contribution >= 4 is 11.9 Å². The van der Waals surface area contributed by atoms with Crippen molar-refractivity contribution in [1.29, 1.82) is 0 Å². The quantitative estimate of drug-likeness (QED) is 0.737.